The van der Waals surface area contributed by atoms with Crippen LogP contribution in [0, 0.1) is 15.9 Å². The van der Waals surface area contributed by atoms with E-state index in [1.54, 1.807) is 0 Å². The lowest BCUT2D eigenvalue weighted by molar-refractivity contribution is -0.384. The van der Waals surface area contributed by atoms with Crippen molar-refractivity contribution < 1.29 is 14.1 Å². The Morgan fingerprint density at radius 2 is 2.00 bits per heavy atom. The summed E-state index contributed by atoms with van der Waals surface area (Å²) < 4.78 is 13.3. The van der Waals surface area contributed by atoms with Crippen LogP contribution in [0.5, 0.6) is 0 Å². The Hall–Kier alpha value is -1.99. The van der Waals surface area contributed by atoms with Crippen molar-refractivity contribution in [2.75, 3.05) is 5.32 Å². The maximum Gasteiger partial charge on any atom is 0.271 e. The second kappa shape index (κ2) is 6.19. The molecular weight excluding hydrogens is 367 g/mol. The van der Waals surface area contributed by atoms with Crippen LogP contribution < -0.4 is 5.32 Å². The molecule has 0 bridgehead atoms. The highest BCUT2D eigenvalue weighted by Crippen LogP contribution is 2.27. The van der Waals surface area contributed by atoms with Crippen molar-refractivity contribution >= 4 is 44.8 Å². The highest BCUT2D eigenvalue weighted by Gasteiger charge is 2.14. The van der Waals surface area contributed by atoms with Crippen molar-refractivity contribution in [1.29, 1.82) is 0 Å². The molecule has 2 rings (SSSR count). The van der Waals surface area contributed by atoms with Gasteiger partial charge in [-0.05, 0) is 40.2 Å². The van der Waals surface area contributed by atoms with Crippen LogP contribution in [0.3, 0.4) is 0 Å². The Bertz CT molecular complexity index is 739. The quantitative estimate of drug-likeness (QED) is 0.640. The zero-order valence-corrected chi connectivity index (χ0v) is 12.6. The standard InChI is InChI=1S/C13H7BrClFN2O3/c14-9-5-7(1-4-11(9)16)13(19)17-12-6-8(18(20)21)2-3-10(12)15/h1-6H,(H,17,19). The van der Waals surface area contributed by atoms with Gasteiger partial charge in [-0.3, -0.25) is 14.9 Å². The second-order valence-corrected chi connectivity index (χ2v) is 5.27. The van der Waals surface area contributed by atoms with E-state index in [1.165, 1.54) is 24.3 Å². The number of nitrogens with one attached hydrogen (secondary N) is 1. The van der Waals surface area contributed by atoms with E-state index >= 15 is 0 Å². The van der Waals surface area contributed by atoms with E-state index in [-0.39, 0.29) is 26.4 Å². The Morgan fingerprint density at radius 3 is 2.62 bits per heavy atom. The summed E-state index contributed by atoms with van der Waals surface area (Å²) in [6.45, 7) is 0. The zero-order valence-electron chi connectivity index (χ0n) is 10.3. The summed E-state index contributed by atoms with van der Waals surface area (Å²) in [4.78, 5) is 22.1. The molecule has 1 amide bonds. The average molecular weight is 374 g/mol. The molecule has 2 aromatic rings. The third-order valence-electron chi connectivity index (χ3n) is 2.59. The van der Waals surface area contributed by atoms with Gasteiger partial charge in [0.25, 0.3) is 11.6 Å². The van der Waals surface area contributed by atoms with Crippen LogP contribution in [0.2, 0.25) is 5.02 Å². The van der Waals surface area contributed by atoms with Crippen LogP contribution in [0.4, 0.5) is 15.8 Å². The molecule has 0 aliphatic heterocycles. The normalized spacial score (nSPS) is 10.2. The lowest BCUT2D eigenvalue weighted by Crippen LogP contribution is -2.12. The first-order chi connectivity index (χ1) is 9.88. The molecule has 21 heavy (non-hydrogen) atoms. The Morgan fingerprint density at radius 1 is 1.29 bits per heavy atom. The maximum atomic E-state index is 13.1. The van der Waals surface area contributed by atoms with E-state index < -0.39 is 16.6 Å². The number of hydrogen-bond acceptors (Lipinski definition) is 3. The number of halogens is 3. The first kappa shape index (κ1) is 15.4. The Kier molecular flexibility index (Phi) is 4.54. The Labute approximate surface area is 132 Å². The van der Waals surface area contributed by atoms with Crippen LogP contribution in [0.15, 0.2) is 40.9 Å². The number of nitro groups is 1. The molecule has 0 saturated heterocycles. The summed E-state index contributed by atoms with van der Waals surface area (Å²) >= 11 is 8.86. The third-order valence-corrected chi connectivity index (χ3v) is 3.53. The second-order valence-electron chi connectivity index (χ2n) is 4.00. The molecule has 5 nitrogen and oxygen atoms in total. The van der Waals surface area contributed by atoms with Crippen LogP contribution in [0.1, 0.15) is 10.4 Å². The minimum atomic E-state index is -0.597. The maximum absolute atomic E-state index is 13.1. The van der Waals surface area contributed by atoms with Crippen molar-refractivity contribution in [3.8, 4) is 0 Å². The van der Waals surface area contributed by atoms with E-state index in [0.717, 1.165) is 12.1 Å². The van der Waals surface area contributed by atoms with Gasteiger partial charge in [-0.1, -0.05) is 11.6 Å². The minimum absolute atomic E-state index is 0.108. The molecule has 0 heterocycles. The van der Waals surface area contributed by atoms with Crippen molar-refractivity contribution in [2.45, 2.75) is 0 Å². The smallest absolute Gasteiger partial charge is 0.271 e. The molecule has 2 aromatic carbocycles. The summed E-state index contributed by atoms with van der Waals surface area (Å²) in [6.07, 6.45) is 0. The molecular formula is C13H7BrClFN2O3. The van der Waals surface area contributed by atoms with Crippen molar-refractivity contribution in [3.63, 3.8) is 0 Å². The number of nitrogens with zero attached hydrogens (tertiary/aromatic N) is 1. The van der Waals surface area contributed by atoms with Gasteiger partial charge in [0.05, 0.1) is 20.1 Å². The minimum Gasteiger partial charge on any atom is -0.320 e. The fourth-order valence-electron chi connectivity index (χ4n) is 1.55. The van der Waals surface area contributed by atoms with E-state index in [1.807, 2.05) is 0 Å². The highest BCUT2D eigenvalue weighted by molar-refractivity contribution is 9.10. The molecule has 0 aromatic heterocycles. The summed E-state index contributed by atoms with van der Waals surface area (Å²) in [5, 5.41) is 13.3. The SMILES string of the molecule is O=C(Nc1cc([N+](=O)[O-])ccc1Cl)c1ccc(F)c(Br)c1. The number of rotatable bonds is 3. The van der Waals surface area contributed by atoms with E-state index in [2.05, 4.69) is 21.2 Å². The van der Waals surface area contributed by atoms with Gasteiger partial charge in [0.1, 0.15) is 5.82 Å². The molecule has 0 atom stereocenters. The fraction of sp³-hybridized carbons (Fsp3) is 0. The lowest BCUT2D eigenvalue weighted by atomic mass is 10.2. The van der Waals surface area contributed by atoms with E-state index in [4.69, 9.17) is 11.6 Å². The summed E-state index contributed by atoms with van der Waals surface area (Å²) in [5.41, 5.74) is 0.0946. The number of benzene rings is 2. The number of carbonyl (C=O) groups excluding carboxylic acids is 1. The topological polar surface area (TPSA) is 72.2 Å². The number of amides is 1. The van der Waals surface area contributed by atoms with E-state index in [9.17, 15) is 19.3 Å². The van der Waals surface area contributed by atoms with Gasteiger partial charge in [-0.2, -0.15) is 0 Å². The van der Waals surface area contributed by atoms with Crippen LogP contribution in [-0.4, -0.2) is 10.8 Å². The van der Waals surface area contributed by atoms with Gasteiger partial charge < -0.3 is 5.32 Å². The molecule has 0 aliphatic carbocycles. The molecule has 1 N–H and O–H groups in total. The predicted molar refractivity (Wildman–Crippen MR) is 80.2 cm³/mol. The molecule has 0 radical (unpaired) electrons. The van der Waals surface area contributed by atoms with E-state index in [0.29, 0.717) is 0 Å². The summed E-state index contributed by atoms with van der Waals surface area (Å²) in [7, 11) is 0. The number of hydrogen-bond donors (Lipinski definition) is 1. The summed E-state index contributed by atoms with van der Waals surface area (Å²) in [6, 6.07) is 7.42. The first-order valence-corrected chi connectivity index (χ1v) is 6.76. The van der Waals surface area contributed by atoms with Crippen LogP contribution in [0.25, 0.3) is 0 Å². The molecule has 0 spiro atoms. The van der Waals surface area contributed by atoms with Crippen LogP contribution >= 0.6 is 27.5 Å². The monoisotopic (exact) mass is 372 g/mol. The summed E-state index contributed by atoms with van der Waals surface area (Å²) in [5.74, 6) is -1.06. The molecule has 0 saturated carbocycles. The number of anilines is 1. The van der Waals surface area contributed by atoms with Crippen molar-refractivity contribution in [1.82, 2.24) is 0 Å². The highest BCUT2D eigenvalue weighted by atomic mass is 79.9. The van der Waals surface area contributed by atoms with Crippen LogP contribution in [-0.2, 0) is 0 Å². The number of carbonyl (C=O) groups is 1. The number of non-ortho nitro benzene ring substituents is 1. The largest absolute Gasteiger partial charge is 0.320 e. The zero-order chi connectivity index (χ0) is 15.6. The number of nitro benzene ring substituents is 1. The fourth-order valence-corrected chi connectivity index (χ4v) is 2.10. The first-order valence-electron chi connectivity index (χ1n) is 5.59. The van der Waals surface area contributed by atoms with Crippen molar-refractivity contribution in [3.05, 3.63) is 67.4 Å². The van der Waals surface area contributed by atoms with Crippen molar-refractivity contribution in [2.24, 2.45) is 0 Å². The molecule has 8 heteroatoms. The van der Waals surface area contributed by atoms with Gasteiger partial charge in [-0.25, -0.2) is 4.39 Å². The van der Waals surface area contributed by atoms with Gasteiger partial charge in [-0.15, -0.1) is 0 Å². The van der Waals surface area contributed by atoms with Gasteiger partial charge in [0.2, 0.25) is 0 Å². The molecule has 108 valence electrons. The van der Waals surface area contributed by atoms with Gasteiger partial charge >= 0.3 is 0 Å². The molecule has 0 unspecified atom stereocenters. The van der Waals surface area contributed by atoms with Gasteiger partial charge in [0.15, 0.2) is 0 Å². The molecule has 0 fully saturated rings. The van der Waals surface area contributed by atoms with Gasteiger partial charge in [0, 0.05) is 17.7 Å². The molecule has 0 aliphatic rings. The Balaban J connectivity index is 2.28. The average Bonchev–Trinajstić information content (AvgIpc) is 2.43. The predicted octanol–water partition coefficient (Wildman–Crippen LogP) is 4.40. The lowest BCUT2D eigenvalue weighted by Gasteiger charge is -2.07. The third kappa shape index (κ3) is 3.56.